The number of aliphatic imine (C=N–C) groups is 1. The Bertz CT molecular complexity index is 982. The zero-order chi connectivity index (χ0) is 19.2. The number of non-ortho nitro benzene ring substituents is 1. The average molecular weight is 381 g/mol. The molecule has 6 nitrogen and oxygen atoms in total. The van der Waals surface area contributed by atoms with E-state index in [9.17, 15) is 14.9 Å². The summed E-state index contributed by atoms with van der Waals surface area (Å²) in [5.74, 6) is -0.0681. The topological polar surface area (TPSA) is 81.8 Å². The molecular weight excluding hydrogens is 368 g/mol. The summed E-state index contributed by atoms with van der Waals surface area (Å²) < 4.78 is 5.30. The van der Waals surface area contributed by atoms with Crippen molar-refractivity contribution in [3.63, 3.8) is 0 Å². The molecule has 0 saturated carbocycles. The van der Waals surface area contributed by atoms with Gasteiger partial charge in [-0.1, -0.05) is 11.6 Å². The second-order valence-electron chi connectivity index (χ2n) is 5.50. The summed E-state index contributed by atoms with van der Waals surface area (Å²) in [4.78, 5) is 26.5. The van der Waals surface area contributed by atoms with Crippen LogP contribution in [0.3, 0.4) is 0 Å². The summed E-state index contributed by atoms with van der Waals surface area (Å²) in [6, 6.07) is 19.2. The molecule has 0 aliphatic rings. The molecule has 0 bridgehead atoms. The minimum atomic E-state index is -0.473. The summed E-state index contributed by atoms with van der Waals surface area (Å²) in [5.41, 5.74) is 1.81. The standard InChI is InChI=1S/C20H13ClN2O4/c21-16-5-3-15(4-6-16)20(24)27-19-11-1-14(2-12-19)13-22-17-7-9-18(10-8-17)23(25)26/h1-13H. The van der Waals surface area contributed by atoms with E-state index in [1.54, 1.807) is 66.9 Å². The lowest BCUT2D eigenvalue weighted by Crippen LogP contribution is -2.08. The number of nitro groups is 1. The Balaban J connectivity index is 1.63. The fourth-order valence-electron chi connectivity index (χ4n) is 2.18. The van der Waals surface area contributed by atoms with Gasteiger partial charge in [0.1, 0.15) is 5.75 Å². The highest BCUT2D eigenvalue weighted by Gasteiger charge is 2.08. The molecule has 0 unspecified atom stereocenters. The summed E-state index contributed by atoms with van der Waals surface area (Å²) in [7, 11) is 0. The van der Waals surface area contributed by atoms with Crippen molar-refractivity contribution in [2.45, 2.75) is 0 Å². The van der Waals surface area contributed by atoms with E-state index in [1.807, 2.05) is 0 Å². The molecule has 0 heterocycles. The molecule has 27 heavy (non-hydrogen) atoms. The SMILES string of the molecule is O=C(Oc1ccc(C=Nc2ccc([N+](=O)[O-])cc2)cc1)c1ccc(Cl)cc1. The molecule has 7 heteroatoms. The van der Waals surface area contributed by atoms with Gasteiger partial charge in [0.05, 0.1) is 16.2 Å². The Labute approximate surface area is 159 Å². The lowest BCUT2D eigenvalue weighted by Gasteiger charge is -2.04. The number of hydrogen-bond donors (Lipinski definition) is 0. The number of ether oxygens (including phenoxy) is 1. The Morgan fingerprint density at radius 3 is 2.19 bits per heavy atom. The van der Waals surface area contributed by atoms with Crippen LogP contribution in [0.15, 0.2) is 77.8 Å². The van der Waals surface area contributed by atoms with Crippen molar-refractivity contribution in [3.8, 4) is 5.75 Å². The second-order valence-corrected chi connectivity index (χ2v) is 5.93. The second kappa shape index (κ2) is 8.25. The van der Waals surface area contributed by atoms with Crippen LogP contribution in [0.2, 0.25) is 5.02 Å². The third-order valence-electron chi connectivity index (χ3n) is 3.59. The number of carbonyl (C=O) groups is 1. The van der Waals surface area contributed by atoms with E-state index in [1.165, 1.54) is 12.1 Å². The molecule has 0 amide bonds. The van der Waals surface area contributed by atoms with Crippen LogP contribution in [0.1, 0.15) is 15.9 Å². The van der Waals surface area contributed by atoms with Gasteiger partial charge < -0.3 is 4.74 Å². The smallest absolute Gasteiger partial charge is 0.343 e. The van der Waals surface area contributed by atoms with Gasteiger partial charge in [0, 0.05) is 23.4 Å². The van der Waals surface area contributed by atoms with Crippen LogP contribution >= 0.6 is 11.6 Å². The van der Waals surface area contributed by atoms with Crippen LogP contribution in [0.4, 0.5) is 11.4 Å². The van der Waals surface area contributed by atoms with Crippen LogP contribution in [0, 0.1) is 10.1 Å². The molecule has 3 rings (SSSR count). The molecule has 0 N–H and O–H groups in total. The maximum atomic E-state index is 12.1. The predicted molar refractivity (Wildman–Crippen MR) is 103 cm³/mol. The third-order valence-corrected chi connectivity index (χ3v) is 3.85. The molecule has 0 aromatic heterocycles. The molecular formula is C20H13ClN2O4. The average Bonchev–Trinajstić information content (AvgIpc) is 2.68. The van der Waals surface area contributed by atoms with Crippen LogP contribution < -0.4 is 4.74 Å². The number of hydrogen-bond acceptors (Lipinski definition) is 5. The van der Waals surface area contributed by atoms with Crippen molar-refractivity contribution >= 4 is 35.2 Å². The van der Waals surface area contributed by atoms with Gasteiger partial charge in [0.15, 0.2) is 0 Å². The van der Waals surface area contributed by atoms with Crippen LogP contribution in [0.5, 0.6) is 5.75 Å². The van der Waals surface area contributed by atoms with Crippen molar-refractivity contribution in [1.82, 2.24) is 0 Å². The van der Waals surface area contributed by atoms with Gasteiger partial charge in [0.2, 0.25) is 0 Å². The number of nitro benzene ring substituents is 1. The van der Waals surface area contributed by atoms with Gasteiger partial charge in [-0.15, -0.1) is 0 Å². The Hall–Kier alpha value is -3.51. The molecule has 0 aliphatic heterocycles. The number of esters is 1. The van der Waals surface area contributed by atoms with E-state index in [-0.39, 0.29) is 5.69 Å². The monoisotopic (exact) mass is 380 g/mol. The van der Waals surface area contributed by atoms with Gasteiger partial charge in [-0.2, -0.15) is 0 Å². The quantitative estimate of drug-likeness (QED) is 0.200. The molecule has 0 aliphatic carbocycles. The maximum absolute atomic E-state index is 12.1. The first-order valence-corrected chi connectivity index (χ1v) is 8.25. The van der Waals surface area contributed by atoms with E-state index in [0.717, 1.165) is 5.56 Å². The minimum Gasteiger partial charge on any atom is -0.423 e. The summed E-state index contributed by atoms with van der Waals surface area (Å²) >= 11 is 5.80. The van der Waals surface area contributed by atoms with E-state index in [2.05, 4.69) is 4.99 Å². The lowest BCUT2D eigenvalue weighted by molar-refractivity contribution is -0.384. The number of nitrogens with zero attached hydrogens (tertiary/aromatic N) is 2. The van der Waals surface area contributed by atoms with E-state index >= 15 is 0 Å². The highest BCUT2D eigenvalue weighted by atomic mass is 35.5. The summed E-state index contributed by atoms with van der Waals surface area (Å²) in [6.07, 6.45) is 1.62. The van der Waals surface area contributed by atoms with Gasteiger partial charge in [-0.05, 0) is 66.2 Å². The first-order chi connectivity index (χ1) is 13.0. The number of rotatable bonds is 5. The summed E-state index contributed by atoms with van der Waals surface area (Å²) in [6.45, 7) is 0. The highest BCUT2D eigenvalue weighted by Crippen LogP contribution is 2.19. The van der Waals surface area contributed by atoms with E-state index in [4.69, 9.17) is 16.3 Å². The molecule has 0 radical (unpaired) electrons. The largest absolute Gasteiger partial charge is 0.423 e. The number of carbonyl (C=O) groups excluding carboxylic acids is 1. The molecule has 0 fully saturated rings. The Kier molecular flexibility index (Phi) is 5.58. The van der Waals surface area contributed by atoms with Crippen LogP contribution in [0.25, 0.3) is 0 Å². The zero-order valence-corrected chi connectivity index (χ0v) is 14.7. The van der Waals surface area contributed by atoms with E-state index in [0.29, 0.717) is 22.0 Å². The van der Waals surface area contributed by atoms with Gasteiger partial charge in [-0.3, -0.25) is 15.1 Å². The molecule has 0 spiro atoms. The van der Waals surface area contributed by atoms with Crippen molar-refractivity contribution < 1.29 is 14.5 Å². The Morgan fingerprint density at radius 2 is 1.59 bits per heavy atom. The van der Waals surface area contributed by atoms with Crippen molar-refractivity contribution in [2.75, 3.05) is 0 Å². The van der Waals surface area contributed by atoms with Gasteiger partial charge in [-0.25, -0.2) is 4.79 Å². The van der Waals surface area contributed by atoms with Gasteiger partial charge in [0.25, 0.3) is 5.69 Å². The van der Waals surface area contributed by atoms with E-state index < -0.39 is 10.9 Å². The highest BCUT2D eigenvalue weighted by molar-refractivity contribution is 6.30. The molecule has 3 aromatic rings. The first-order valence-electron chi connectivity index (χ1n) is 7.87. The fraction of sp³-hybridized carbons (Fsp3) is 0. The molecule has 134 valence electrons. The summed E-state index contributed by atoms with van der Waals surface area (Å²) in [5, 5.41) is 11.2. The minimum absolute atomic E-state index is 0.0146. The maximum Gasteiger partial charge on any atom is 0.343 e. The molecule has 0 atom stereocenters. The molecule has 0 saturated heterocycles. The Morgan fingerprint density at radius 1 is 0.963 bits per heavy atom. The molecule has 3 aromatic carbocycles. The first kappa shape index (κ1) is 18.3. The number of halogens is 1. The lowest BCUT2D eigenvalue weighted by atomic mass is 10.2. The van der Waals surface area contributed by atoms with Crippen LogP contribution in [-0.2, 0) is 0 Å². The third kappa shape index (κ3) is 4.99. The predicted octanol–water partition coefficient (Wildman–Crippen LogP) is 5.22. The fourth-order valence-corrected chi connectivity index (χ4v) is 2.31. The van der Waals surface area contributed by atoms with Crippen molar-refractivity contribution in [3.05, 3.63) is 99.1 Å². The van der Waals surface area contributed by atoms with Gasteiger partial charge >= 0.3 is 5.97 Å². The van der Waals surface area contributed by atoms with Crippen molar-refractivity contribution in [2.24, 2.45) is 4.99 Å². The zero-order valence-electron chi connectivity index (χ0n) is 13.9. The normalized spacial score (nSPS) is 10.7. The van der Waals surface area contributed by atoms with Crippen LogP contribution in [-0.4, -0.2) is 17.1 Å². The van der Waals surface area contributed by atoms with Crippen molar-refractivity contribution in [1.29, 1.82) is 0 Å². The number of benzene rings is 3.